The molecule has 0 saturated heterocycles. The molecule has 1 rings (SSSR count). The second-order valence-electron chi connectivity index (χ2n) is 6.19. The Morgan fingerprint density at radius 2 is 1.90 bits per heavy atom. The molecule has 1 saturated carbocycles. The number of carbonyl (C=O) groups excluding carboxylic acids is 2. The molecule has 3 atom stereocenters. The normalized spacial score (nSPS) is 24.1. The van der Waals surface area contributed by atoms with Crippen molar-refractivity contribution in [3.05, 3.63) is 0 Å². The van der Waals surface area contributed by atoms with Gasteiger partial charge in [-0.3, -0.25) is 0 Å². The first-order valence-corrected chi connectivity index (χ1v) is 7.59. The van der Waals surface area contributed by atoms with Crippen molar-refractivity contribution >= 4 is 12.0 Å². The van der Waals surface area contributed by atoms with Crippen LogP contribution in [0.1, 0.15) is 52.9 Å². The molecule has 5 heteroatoms. The van der Waals surface area contributed by atoms with Crippen LogP contribution in [-0.2, 0) is 9.53 Å². The van der Waals surface area contributed by atoms with Gasteiger partial charge in [-0.1, -0.05) is 33.6 Å². The summed E-state index contributed by atoms with van der Waals surface area (Å²) in [6.45, 7) is 6.19. The predicted molar refractivity (Wildman–Crippen MR) is 78.3 cm³/mol. The van der Waals surface area contributed by atoms with Gasteiger partial charge >= 0.3 is 12.0 Å². The highest BCUT2D eigenvalue weighted by molar-refractivity contribution is 5.83. The molecule has 20 heavy (non-hydrogen) atoms. The van der Waals surface area contributed by atoms with Crippen molar-refractivity contribution in [2.24, 2.45) is 11.8 Å². The topological polar surface area (TPSA) is 67.4 Å². The third kappa shape index (κ3) is 5.39. The highest BCUT2D eigenvalue weighted by atomic mass is 16.5. The summed E-state index contributed by atoms with van der Waals surface area (Å²) in [5, 5.41) is 5.74. The van der Waals surface area contributed by atoms with Crippen molar-refractivity contribution in [2.45, 2.75) is 65.0 Å². The zero-order valence-electron chi connectivity index (χ0n) is 13.1. The van der Waals surface area contributed by atoms with Crippen molar-refractivity contribution in [3.63, 3.8) is 0 Å². The van der Waals surface area contributed by atoms with Crippen molar-refractivity contribution in [1.82, 2.24) is 10.6 Å². The van der Waals surface area contributed by atoms with Crippen LogP contribution in [0.3, 0.4) is 0 Å². The fourth-order valence-corrected chi connectivity index (χ4v) is 2.73. The molecule has 0 radical (unpaired) electrons. The van der Waals surface area contributed by atoms with E-state index in [2.05, 4.69) is 17.6 Å². The first kappa shape index (κ1) is 16.8. The number of carbonyl (C=O) groups is 2. The lowest BCUT2D eigenvalue weighted by Crippen LogP contribution is -2.51. The number of nitrogens with one attached hydrogen (secondary N) is 2. The standard InChI is InChI=1S/C15H28N2O3/c1-10(2)9-13(14(18)20-4)17-15(19)16-12-8-6-5-7-11(12)3/h10-13H,5-9H2,1-4H3,(H2,16,17,19)/t11?,12?,13-/m1/s1. The molecule has 116 valence electrons. The zero-order valence-corrected chi connectivity index (χ0v) is 13.1. The maximum absolute atomic E-state index is 12.0. The SMILES string of the molecule is COC(=O)[C@@H](CC(C)C)NC(=O)NC1CCCCC1C. The van der Waals surface area contributed by atoms with Crippen LogP contribution >= 0.6 is 0 Å². The number of methoxy groups -OCH3 is 1. The molecule has 5 nitrogen and oxygen atoms in total. The minimum absolute atomic E-state index is 0.209. The molecule has 2 N–H and O–H groups in total. The highest BCUT2D eigenvalue weighted by Crippen LogP contribution is 2.23. The Labute approximate surface area is 121 Å². The van der Waals surface area contributed by atoms with Crippen LogP contribution in [0.2, 0.25) is 0 Å². The molecule has 0 bridgehead atoms. The molecule has 1 aliphatic carbocycles. The molecule has 0 aliphatic heterocycles. The molecule has 2 unspecified atom stereocenters. The Hall–Kier alpha value is -1.26. The van der Waals surface area contributed by atoms with E-state index in [1.165, 1.54) is 13.5 Å². The van der Waals surface area contributed by atoms with Gasteiger partial charge in [-0.05, 0) is 31.1 Å². The van der Waals surface area contributed by atoms with E-state index >= 15 is 0 Å². The lowest BCUT2D eigenvalue weighted by molar-refractivity contribution is -0.143. The summed E-state index contributed by atoms with van der Waals surface area (Å²) < 4.78 is 4.74. The first-order valence-electron chi connectivity index (χ1n) is 7.59. The molecule has 0 spiro atoms. The average molecular weight is 284 g/mol. The van der Waals surface area contributed by atoms with Gasteiger partial charge in [0.25, 0.3) is 0 Å². The number of amides is 2. The minimum Gasteiger partial charge on any atom is -0.467 e. The molecule has 0 aromatic rings. The molecule has 1 aliphatic rings. The quantitative estimate of drug-likeness (QED) is 0.762. The van der Waals surface area contributed by atoms with E-state index in [-0.39, 0.29) is 18.0 Å². The van der Waals surface area contributed by atoms with Gasteiger partial charge in [0.05, 0.1) is 7.11 Å². The monoisotopic (exact) mass is 284 g/mol. The smallest absolute Gasteiger partial charge is 0.328 e. The summed E-state index contributed by atoms with van der Waals surface area (Å²) in [6.07, 6.45) is 5.14. The van der Waals surface area contributed by atoms with E-state index in [1.54, 1.807) is 0 Å². The summed E-state index contributed by atoms with van der Waals surface area (Å²) in [7, 11) is 1.35. The maximum atomic E-state index is 12.0. The van der Waals surface area contributed by atoms with Crippen molar-refractivity contribution < 1.29 is 14.3 Å². The van der Waals surface area contributed by atoms with E-state index < -0.39 is 6.04 Å². The number of esters is 1. The number of urea groups is 1. The van der Waals surface area contributed by atoms with Crippen LogP contribution in [0, 0.1) is 11.8 Å². The number of hydrogen-bond donors (Lipinski definition) is 2. The highest BCUT2D eigenvalue weighted by Gasteiger charge is 2.26. The Balaban J connectivity index is 2.50. The second kappa shape index (κ2) is 8.12. The lowest BCUT2D eigenvalue weighted by atomic mass is 9.86. The number of hydrogen-bond acceptors (Lipinski definition) is 3. The zero-order chi connectivity index (χ0) is 15.1. The van der Waals surface area contributed by atoms with Crippen molar-refractivity contribution in [2.75, 3.05) is 7.11 Å². The van der Waals surface area contributed by atoms with Gasteiger partial charge in [0.1, 0.15) is 6.04 Å². The summed E-state index contributed by atoms with van der Waals surface area (Å²) in [4.78, 5) is 23.7. The van der Waals surface area contributed by atoms with Gasteiger partial charge in [0.2, 0.25) is 0 Å². The average Bonchev–Trinajstić information content (AvgIpc) is 2.39. The van der Waals surface area contributed by atoms with Gasteiger partial charge in [0.15, 0.2) is 0 Å². The Bertz CT molecular complexity index is 331. The van der Waals surface area contributed by atoms with E-state index in [1.807, 2.05) is 13.8 Å². The molecule has 1 fully saturated rings. The summed E-state index contributed by atoms with van der Waals surface area (Å²) in [5.74, 6) is 0.426. The van der Waals surface area contributed by atoms with Gasteiger partial charge in [-0.2, -0.15) is 0 Å². The fourth-order valence-electron chi connectivity index (χ4n) is 2.73. The van der Waals surface area contributed by atoms with Crippen LogP contribution in [0.15, 0.2) is 0 Å². The van der Waals surface area contributed by atoms with E-state index in [0.29, 0.717) is 18.3 Å². The lowest BCUT2D eigenvalue weighted by Gasteiger charge is -2.30. The Morgan fingerprint density at radius 3 is 2.45 bits per heavy atom. The van der Waals surface area contributed by atoms with Crippen LogP contribution in [0.4, 0.5) is 4.79 Å². The van der Waals surface area contributed by atoms with Crippen LogP contribution < -0.4 is 10.6 Å². The van der Waals surface area contributed by atoms with Crippen LogP contribution in [0.5, 0.6) is 0 Å². The Kier molecular flexibility index (Phi) is 6.82. The van der Waals surface area contributed by atoms with Crippen molar-refractivity contribution in [1.29, 1.82) is 0 Å². The predicted octanol–water partition coefficient (Wildman–Crippen LogP) is 2.45. The van der Waals surface area contributed by atoms with Gasteiger partial charge < -0.3 is 15.4 Å². The molecule has 2 amide bonds. The molecule has 0 aromatic heterocycles. The molecular weight excluding hydrogens is 256 g/mol. The maximum Gasteiger partial charge on any atom is 0.328 e. The third-order valence-corrected chi connectivity index (χ3v) is 3.93. The minimum atomic E-state index is -0.570. The number of rotatable bonds is 5. The number of ether oxygens (including phenoxy) is 1. The van der Waals surface area contributed by atoms with E-state index in [9.17, 15) is 9.59 Å². The van der Waals surface area contributed by atoms with Crippen LogP contribution in [0.25, 0.3) is 0 Å². The summed E-state index contributed by atoms with van der Waals surface area (Å²) in [5.41, 5.74) is 0. The van der Waals surface area contributed by atoms with E-state index in [0.717, 1.165) is 19.3 Å². The van der Waals surface area contributed by atoms with Gasteiger partial charge in [0, 0.05) is 6.04 Å². The van der Waals surface area contributed by atoms with Crippen LogP contribution in [-0.4, -0.2) is 31.2 Å². The fraction of sp³-hybridized carbons (Fsp3) is 0.867. The molecule has 0 heterocycles. The van der Waals surface area contributed by atoms with Gasteiger partial charge in [-0.15, -0.1) is 0 Å². The van der Waals surface area contributed by atoms with E-state index in [4.69, 9.17) is 4.74 Å². The second-order valence-corrected chi connectivity index (χ2v) is 6.19. The first-order chi connectivity index (χ1) is 9.43. The Morgan fingerprint density at radius 1 is 1.25 bits per heavy atom. The molecular formula is C15H28N2O3. The largest absolute Gasteiger partial charge is 0.467 e. The third-order valence-electron chi connectivity index (χ3n) is 3.93. The van der Waals surface area contributed by atoms with Crippen molar-refractivity contribution in [3.8, 4) is 0 Å². The summed E-state index contributed by atoms with van der Waals surface area (Å²) in [6, 6.07) is -0.625. The summed E-state index contributed by atoms with van der Waals surface area (Å²) >= 11 is 0. The molecule has 0 aromatic carbocycles. The van der Waals surface area contributed by atoms with Gasteiger partial charge in [-0.25, -0.2) is 9.59 Å².